The highest BCUT2D eigenvalue weighted by Gasteiger charge is 2.16. The molecule has 1 aliphatic carbocycles. The lowest BCUT2D eigenvalue weighted by Gasteiger charge is -2.06. The quantitative estimate of drug-likeness (QED) is 0.718. The fourth-order valence-corrected chi connectivity index (χ4v) is 2.89. The molecule has 0 bridgehead atoms. The Kier molecular flexibility index (Phi) is 4.27. The van der Waals surface area contributed by atoms with E-state index in [0.29, 0.717) is 5.13 Å². The van der Waals surface area contributed by atoms with E-state index in [-0.39, 0.29) is 24.9 Å². The first-order chi connectivity index (χ1) is 8.69. The molecule has 1 aromatic heterocycles. The molecule has 0 unspecified atom stereocenters. The van der Waals surface area contributed by atoms with Gasteiger partial charge in [-0.2, -0.15) is 0 Å². The minimum Gasteiger partial charge on any atom is -0.346 e. The first-order valence-corrected chi connectivity index (χ1v) is 6.76. The fourth-order valence-electron chi connectivity index (χ4n) is 1.82. The topological polar surface area (TPSA) is 97.1 Å². The molecular weight excluding hydrogens is 252 g/mol. The lowest BCUT2D eigenvalue weighted by Crippen LogP contribution is -2.36. The molecule has 1 aliphatic rings. The number of nitrogens with zero attached hydrogens (tertiary/aromatic N) is 1. The molecule has 0 radical (unpaired) electrons. The van der Waals surface area contributed by atoms with Crippen LogP contribution in [0, 0.1) is 0 Å². The Morgan fingerprint density at radius 2 is 2.06 bits per heavy atom. The summed E-state index contributed by atoms with van der Waals surface area (Å²) in [6.07, 6.45) is 4.39. The van der Waals surface area contributed by atoms with Crippen molar-refractivity contribution in [3.63, 3.8) is 0 Å². The van der Waals surface area contributed by atoms with Crippen LogP contribution in [0.15, 0.2) is 0 Å². The van der Waals surface area contributed by atoms with Gasteiger partial charge in [0, 0.05) is 4.88 Å². The van der Waals surface area contributed by atoms with Gasteiger partial charge in [-0.1, -0.05) is 0 Å². The summed E-state index contributed by atoms with van der Waals surface area (Å²) in [5.74, 6) is -0.619. The molecule has 98 valence electrons. The summed E-state index contributed by atoms with van der Waals surface area (Å²) in [6.45, 7) is -0.181. The van der Waals surface area contributed by atoms with Gasteiger partial charge in [0.2, 0.25) is 11.8 Å². The van der Waals surface area contributed by atoms with Gasteiger partial charge >= 0.3 is 0 Å². The first kappa shape index (κ1) is 13.0. The molecule has 0 aliphatic heterocycles. The summed E-state index contributed by atoms with van der Waals surface area (Å²) >= 11 is 1.52. The van der Waals surface area contributed by atoms with Crippen molar-refractivity contribution in [3.8, 4) is 0 Å². The number of thiazole rings is 1. The SMILES string of the molecule is NCC(=O)NCC(=O)Nc1nc2c(s1)CCCC2. The Morgan fingerprint density at radius 3 is 2.78 bits per heavy atom. The van der Waals surface area contributed by atoms with E-state index >= 15 is 0 Å². The number of anilines is 1. The smallest absolute Gasteiger partial charge is 0.245 e. The van der Waals surface area contributed by atoms with Crippen LogP contribution in [0.2, 0.25) is 0 Å². The maximum Gasteiger partial charge on any atom is 0.245 e. The Hall–Kier alpha value is -1.47. The van der Waals surface area contributed by atoms with Crippen molar-refractivity contribution in [1.82, 2.24) is 10.3 Å². The molecule has 0 saturated carbocycles. The number of hydrogen-bond acceptors (Lipinski definition) is 5. The average molecular weight is 268 g/mol. The summed E-state index contributed by atoms with van der Waals surface area (Å²) < 4.78 is 0. The number of nitrogens with two attached hydrogens (primary N) is 1. The van der Waals surface area contributed by atoms with Gasteiger partial charge in [0.25, 0.3) is 0 Å². The van der Waals surface area contributed by atoms with E-state index in [4.69, 9.17) is 5.73 Å². The first-order valence-electron chi connectivity index (χ1n) is 5.94. The predicted molar refractivity (Wildman–Crippen MR) is 69.4 cm³/mol. The van der Waals surface area contributed by atoms with Crippen molar-refractivity contribution in [2.45, 2.75) is 25.7 Å². The lowest BCUT2D eigenvalue weighted by molar-refractivity contribution is -0.123. The number of carbonyl (C=O) groups excluding carboxylic acids is 2. The van der Waals surface area contributed by atoms with Crippen molar-refractivity contribution >= 4 is 28.3 Å². The highest BCUT2D eigenvalue weighted by atomic mass is 32.1. The van der Waals surface area contributed by atoms with Crippen molar-refractivity contribution < 1.29 is 9.59 Å². The van der Waals surface area contributed by atoms with Gasteiger partial charge in [-0.3, -0.25) is 9.59 Å². The zero-order valence-electron chi connectivity index (χ0n) is 9.99. The van der Waals surface area contributed by atoms with Gasteiger partial charge < -0.3 is 16.4 Å². The fraction of sp³-hybridized carbons (Fsp3) is 0.545. The van der Waals surface area contributed by atoms with E-state index in [0.717, 1.165) is 25.0 Å². The summed E-state index contributed by atoms with van der Waals surface area (Å²) in [4.78, 5) is 28.1. The summed E-state index contributed by atoms with van der Waals surface area (Å²) in [5, 5.41) is 5.73. The van der Waals surface area contributed by atoms with Crippen LogP contribution in [0.4, 0.5) is 5.13 Å². The van der Waals surface area contributed by atoms with Gasteiger partial charge in [0.1, 0.15) is 0 Å². The van der Waals surface area contributed by atoms with Crippen LogP contribution < -0.4 is 16.4 Å². The molecule has 1 heterocycles. The number of hydrogen-bond donors (Lipinski definition) is 3. The Labute approximate surface area is 109 Å². The normalized spacial score (nSPS) is 13.8. The van der Waals surface area contributed by atoms with E-state index < -0.39 is 0 Å². The second-order valence-corrected chi connectivity index (χ2v) is 5.21. The number of amides is 2. The second kappa shape index (κ2) is 5.92. The number of aryl methyl sites for hydroxylation is 2. The van der Waals surface area contributed by atoms with E-state index in [1.807, 2.05) is 0 Å². The van der Waals surface area contributed by atoms with Gasteiger partial charge in [-0.05, 0) is 25.7 Å². The van der Waals surface area contributed by atoms with Crippen molar-refractivity contribution in [2.75, 3.05) is 18.4 Å². The summed E-state index contributed by atoms with van der Waals surface area (Å²) in [5.41, 5.74) is 6.23. The van der Waals surface area contributed by atoms with Crippen LogP contribution in [0.5, 0.6) is 0 Å². The van der Waals surface area contributed by atoms with Crippen molar-refractivity contribution in [3.05, 3.63) is 10.6 Å². The Morgan fingerprint density at radius 1 is 1.28 bits per heavy atom. The molecular formula is C11H16N4O2S. The Balaban J connectivity index is 1.87. The maximum atomic E-state index is 11.5. The summed E-state index contributed by atoms with van der Waals surface area (Å²) in [7, 11) is 0. The third kappa shape index (κ3) is 3.27. The zero-order valence-corrected chi connectivity index (χ0v) is 10.8. The van der Waals surface area contributed by atoms with Gasteiger partial charge in [-0.15, -0.1) is 11.3 Å². The molecule has 2 rings (SSSR count). The third-order valence-corrected chi connectivity index (χ3v) is 3.80. The number of nitrogens with one attached hydrogen (secondary N) is 2. The zero-order chi connectivity index (χ0) is 13.0. The van der Waals surface area contributed by atoms with Crippen molar-refractivity contribution in [2.24, 2.45) is 5.73 Å². The number of carbonyl (C=O) groups is 2. The second-order valence-electron chi connectivity index (χ2n) is 4.13. The highest BCUT2D eigenvalue weighted by Crippen LogP contribution is 2.29. The molecule has 6 nitrogen and oxygen atoms in total. The molecule has 0 spiro atoms. The molecule has 4 N–H and O–H groups in total. The van der Waals surface area contributed by atoms with Crippen LogP contribution in [-0.2, 0) is 22.4 Å². The molecule has 0 saturated heterocycles. The highest BCUT2D eigenvalue weighted by molar-refractivity contribution is 7.15. The number of rotatable bonds is 4. The van der Waals surface area contributed by atoms with E-state index in [1.54, 1.807) is 0 Å². The molecule has 0 fully saturated rings. The third-order valence-electron chi connectivity index (χ3n) is 2.72. The van der Waals surface area contributed by atoms with Gasteiger partial charge in [-0.25, -0.2) is 4.98 Å². The van der Waals surface area contributed by atoms with E-state index in [1.165, 1.54) is 22.6 Å². The molecule has 2 amide bonds. The lowest BCUT2D eigenvalue weighted by atomic mass is 10.0. The molecule has 18 heavy (non-hydrogen) atoms. The number of aromatic nitrogens is 1. The van der Waals surface area contributed by atoms with E-state index in [2.05, 4.69) is 15.6 Å². The van der Waals surface area contributed by atoms with Crippen LogP contribution in [0.3, 0.4) is 0 Å². The molecule has 1 aromatic rings. The standard InChI is InChI=1S/C11H16N4O2S/c12-5-9(16)13-6-10(17)15-11-14-7-3-1-2-4-8(7)18-11/h1-6,12H2,(H,13,16)(H,14,15,17). The van der Waals surface area contributed by atoms with Gasteiger partial charge in [0.15, 0.2) is 5.13 Å². The van der Waals surface area contributed by atoms with Crippen LogP contribution >= 0.6 is 11.3 Å². The number of fused-ring (bicyclic) bond motifs is 1. The minimum absolute atomic E-state index is 0.0692. The van der Waals surface area contributed by atoms with E-state index in [9.17, 15) is 9.59 Å². The Bertz CT molecular complexity index is 434. The van der Waals surface area contributed by atoms with Crippen LogP contribution in [0.25, 0.3) is 0 Å². The molecule has 0 aromatic carbocycles. The maximum absolute atomic E-state index is 11.5. The van der Waals surface area contributed by atoms with Crippen LogP contribution in [0.1, 0.15) is 23.4 Å². The summed E-state index contributed by atoms with van der Waals surface area (Å²) in [6, 6.07) is 0. The minimum atomic E-state index is -0.344. The predicted octanol–water partition coefficient (Wildman–Crippen LogP) is 0.0353. The molecule has 0 atom stereocenters. The molecule has 7 heteroatoms. The van der Waals surface area contributed by atoms with Crippen molar-refractivity contribution in [1.29, 1.82) is 0 Å². The van der Waals surface area contributed by atoms with Gasteiger partial charge in [0.05, 0.1) is 18.8 Å². The monoisotopic (exact) mass is 268 g/mol. The largest absolute Gasteiger partial charge is 0.346 e. The van der Waals surface area contributed by atoms with Crippen LogP contribution in [-0.4, -0.2) is 29.9 Å². The average Bonchev–Trinajstić information content (AvgIpc) is 2.77.